The van der Waals surface area contributed by atoms with Gasteiger partial charge in [0, 0.05) is 18.7 Å². The van der Waals surface area contributed by atoms with Gasteiger partial charge in [-0.1, -0.05) is 20.8 Å². The summed E-state index contributed by atoms with van der Waals surface area (Å²) >= 11 is 0. The van der Waals surface area contributed by atoms with Crippen molar-refractivity contribution in [2.24, 2.45) is 5.73 Å². The highest BCUT2D eigenvalue weighted by Crippen LogP contribution is 2.39. The monoisotopic (exact) mass is 258 g/mol. The number of hydrogen-bond acceptors (Lipinski definition) is 3. The number of halogens is 2. The van der Waals surface area contributed by atoms with Gasteiger partial charge in [0.15, 0.2) is 0 Å². The molecule has 0 radical (unpaired) electrons. The lowest BCUT2D eigenvalue weighted by atomic mass is 9.84. The van der Waals surface area contributed by atoms with Crippen LogP contribution < -0.4 is 10.5 Å². The van der Waals surface area contributed by atoms with Crippen LogP contribution in [-0.2, 0) is 11.3 Å². The molecule has 2 N–H and O–H groups in total. The first kappa shape index (κ1) is 14.3. The number of carbonyl (C=O) groups excluding carboxylic acids is 1. The highest BCUT2D eigenvalue weighted by atomic mass is 19.3. The molecule has 0 unspecified atom stereocenters. The van der Waals surface area contributed by atoms with Crippen molar-refractivity contribution in [3.8, 4) is 5.75 Å². The van der Waals surface area contributed by atoms with Crippen LogP contribution in [0, 0.1) is 0 Å². The Labute approximate surface area is 104 Å². The van der Waals surface area contributed by atoms with E-state index in [1.54, 1.807) is 20.8 Å². The molecule has 1 amide bonds. The fraction of sp³-hybridized carbons (Fsp3) is 0.500. The molecule has 0 aliphatic carbocycles. The Hall–Kier alpha value is -1.72. The number of aromatic nitrogens is 1. The lowest BCUT2D eigenvalue weighted by Crippen LogP contribution is -2.25. The zero-order valence-electron chi connectivity index (χ0n) is 10.8. The number of nitrogens with two attached hydrogens (primary N) is 1. The van der Waals surface area contributed by atoms with Crippen LogP contribution in [0.5, 0.6) is 5.75 Å². The second kappa shape index (κ2) is 4.51. The number of nitrogens with zero attached hydrogens (tertiary/aromatic N) is 1. The molecule has 1 heterocycles. The first-order chi connectivity index (χ1) is 8.03. The van der Waals surface area contributed by atoms with Crippen molar-refractivity contribution < 1.29 is 18.3 Å². The summed E-state index contributed by atoms with van der Waals surface area (Å²) in [6, 6.07) is 1.35. The van der Waals surface area contributed by atoms with Gasteiger partial charge in [-0.15, -0.1) is 0 Å². The van der Waals surface area contributed by atoms with E-state index in [-0.39, 0.29) is 11.3 Å². The topological polar surface area (TPSA) is 65.2 Å². The molecule has 0 saturated heterocycles. The first-order valence-electron chi connectivity index (χ1n) is 5.38. The van der Waals surface area contributed by atoms with Crippen LogP contribution in [0.2, 0.25) is 0 Å². The highest BCUT2D eigenvalue weighted by molar-refractivity contribution is 5.69. The van der Waals surface area contributed by atoms with E-state index in [1.807, 2.05) is 0 Å². The van der Waals surface area contributed by atoms with E-state index >= 15 is 0 Å². The van der Waals surface area contributed by atoms with Crippen molar-refractivity contribution in [2.45, 2.75) is 39.0 Å². The summed E-state index contributed by atoms with van der Waals surface area (Å²) < 4.78 is 31.8. The molecule has 1 aromatic rings. The summed E-state index contributed by atoms with van der Waals surface area (Å²) in [5.41, 5.74) is 4.04. The molecule has 1 aromatic heterocycles. The summed E-state index contributed by atoms with van der Waals surface area (Å²) in [7, 11) is 0. The molecule has 4 nitrogen and oxygen atoms in total. The number of primary amides is 1. The van der Waals surface area contributed by atoms with E-state index in [9.17, 15) is 13.6 Å². The van der Waals surface area contributed by atoms with E-state index in [0.717, 1.165) is 6.92 Å². The van der Waals surface area contributed by atoms with Gasteiger partial charge in [-0.05, 0) is 11.5 Å². The maximum atomic E-state index is 13.5. The second-order valence-corrected chi connectivity index (χ2v) is 5.09. The number of alkyl halides is 2. The molecule has 0 aliphatic heterocycles. The third-order valence-electron chi connectivity index (χ3n) is 2.29. The number of amides is 1. The molecule has 18 heavy (non-hydrogen) atoms. The third-order valence-corrected chi connectivity index (χ3v) is 2.29. The molecule has 0 bridgehead atoms. The molecule has 1 rings (SSSR count). The quantitative estimate of drug-likeness (QED) is 0.886. The average molecular weight is 258 g/mol. The van der Waals surface area contributed by atoms with Crippen LogP contribution in [-0.4, -0.2) is 11.1 Å². The van der Waals surface area contributed by atoms with Gasteiger partial charge in [0.1, 0.15) is 11.4 Å². The molecule has 0 spiro atoms. The molecule has 6 heteroatoms. The molecule has 100 valence electrons. The fourth-order valence-corrected chi connectivity index (χ4v) is 1.70. The van der Waals surface area contributed by atoms with Gasteiger partial charge in [0.2, 0.25) is 0 Å². The van der Waals surface area contributed by atoms with E-state index in [0.29, 0.717) is 0 Å². The Kier molecular flexibility index (Phi) is 3.59. The van der Waals surface area contributed by atoms with Gasteiger partial charge in [-0.2, -0.15) is 8.78 Å². The van der Waals surface area contributed by atoms with E-state index in [4.69, 9.17) is 10.5 Å². The summed E-state index contributed by atoms with van der Waals surface area (Å²) in [6.07, 6.45) is 0.123. The number of ether oxygens (including phenoxy) is 1. The maximum absolute atomic E-state index is 13.5. The summed E-state index contributed by atoms with van der Waals surface area (Å²) in [5, 5.41) is 0. The molecule has 0 fully saturated rings. The van der Waals surface area contributed by atoms with E-state index in [2.05, 4.69) is 4.98 Å². The van der Waals surface area contributed by atoms with Gasteiger partial charge in [0.05, 0.1) is 0 Å². The summed E-state index contributed by atoms with van der Waals surface area (Å²) in [5.74, 6) is -3.11. The molecule has 0 saturated carbocycles. The number of hydrogen-bond donors (Lipinski definition) is 1. The summed E-state index contributed by atoms with van der Waals surface area (Å²) in [6.45, 7) is 5.94. The van der Waals surface area contributed by atoms with Gasteiger partial charge in [-0.3, -0.25) is 4.98 Å². The van der Waals surface area contributed by atoms with Gasteiger partial charge < -0.3 is 10.5 Å². The number of carbonyl (C=O) groups is 1. The van der Waals surface area contributed by atoms with Crippen LogP contribution in [0.1, 0.15) is 39.0 Å². The number of rotatable bonds is 2. The average Bonchev–Trinajstić information content (AvgIpc) is 2.13. The second-order valence-electron chi connectivity index (χ2n) is 5.09. The molecule has 0 atom stereocenters. The van der Waals surface area contributed by atoms with Gasteiger partial charge >= 0.3 is 6.09 Å². The third kappa shape index (κ3) is 3.15. The van der Waals surface area contributed by atoms with Gasteiger partial charge in [0.25, 0.3) is 5.92 Å². The van der Waals surface area contributed by atoms with Crippen LogP contribution in [0.15, 0.2) is 12.3 Å². The predicted octanol–water partition coefficient (Wildman–Crippen LogP) is 2.95. The standard InChI is InChI=1S/C12H16F2N2O2/c1-11(2,3)8-7(18-10(15)17)5-6-16-9(8)12(4,13)14/h5-6H,1-4H3,(H2,15,17). The van der Waals surface area contributed by atoms with Crippen molar-refractivity contribution in [3.05, 3.63) is 23.5 Å². The first-order valence-corrected chi connectivity index (χ1v) is 5.38. The van der Waals surface area contributed by atoms with Crippen LogP contribution in [0.25, 0.3) is 0 Å². The fourth-order valence-electron chi connectivity index (χ4n) is 1.70. The lowest BCUT2D eigenvalue weighted by Gasteiger charge is -2.26. The maximum Gasteiger partial charge on any atom is 0.409 e. The normalized spacial score (nSPS) is 12.3. The van der Waals surface area contributed by atoms with Crippen LogP contribution in [0.4, 0.5) is 13.6 Å². The molecule has 0 aliphatic rings. The Balaban J connectivity index is 3.50. The summed E-state index contributed by atoms with van der Waals surface area (Å²) in [4.78, 5) is 14.5. The minimum Gasteiger partial charge on any atom is -0.410 e. The molecular formula is C12H16F2N2O2. The number of pyridine rings is 1. The van der Waals surface area contributed by atoms with E-state index < -0.39 is 23.1 Å². The Bertz CT molecular complexity index is 462. The van der Waals surface area contributed by atoms with Crippen molar-refractivity contribution in [1.29, 1.82) is 0 Å². The van der Waals surface area contributed by atoms with Crippen LogP contribution >= 0.6 is 0 Å². The zero-order valence-corrected chi connectivity index (χ0v) is 10.8. The van der Waals surface area contributed by atoms with Crippen molar-refractivity contribution in [1.82, 2.24) is 4.98 Å². The Morgan fingerprint density at radius 2 is 1.89 bits per heavy atom. The van der Waals surface area contributed by atoms with E-state index in [1.165, 1.54) is 12.3 Å². The minimum atomic E-state index is -3.13. The Morgan fingerprint density at radius 1 is 1.33 bits per heavy atom. The largest absolute Gasteiger partial charge is 0.410 e. The van der Waals surface area contributed by atoms with Crippen LogP contribution in [0.3, 0.4) is 0 Å². The highest BCUT2D eigenvalue weighted by Gasteiger charge is 2.36. The predicted molar refractivity (Wildman–Crippen MR) is 62.7 cm³/mol. The zero-order chi connectivity index (χ0) is 14.1. The lowest BCUT2D eigenvalue weighted by molar-refractivity contribution is 0.0105. The minimum absolute atomic E-state index is 0.0153. The van der Waals surface area contributed by atoms with Crippen molar-refractivity contribution in [2.75, 3.05) is 0 Å². The molecule has 0 aromatic carbocycles. The SMILES string of the molecule is CC(C)(C)c1c(OC(N)=O)ccnc1C(C)(F)F. The van der Waals surface area contributed by atoms with Crippen molar-refractivity contribution in [3.63, 3.8) is 0 Å². The molecular weight excluding hydrogens is 242 g/mol. The van der Waals surface area contributed by atoms with Crippen molar-refractivity contribution >= 4 is 6.09 Å². The Morgan fingerprint density at radius 3 is 2.28 bits per heavy atom. The smallest absolute Gasteiger partial charge is 0.409 e. The van der Waals surface area contributed by atoms with Gasteiger partial charge in [-0.25, -0.2) is 4.79 Å².